The zero-order chi connectivity index (χ0) is 17.0. The summed E-state index contributed by atoms with van der Waals surface area (Å²) in [5.41, 5.74) is 4.50. The number of amides is 2. The Morgan fingerprint density at radius 3 is 1.96 bits per heavy atom. The van der Waals surface area contributed by atoms with Crippen LogP contribution in [0.1, 0.15) is 22.3 Å². The highest BCUT2D eigenvalue weighted by Crippen LogP contribution is 2.21. The van der Waals surface area contributed by atoms with Crippen LogP contribution >= 0.6 is 0 Å². The first kappa shape index (κ1) is 16.2. The zero-order valence-corrected chi connectivity index (χ0v) is 13.2. The van der Waals surface area contributed by atoms with Crippen molar-refractivity contribution in [2.75, 3.05) is 10.6 Å². The average molecular weight is 307 g/mol. The number of nitrogens with one attached hydrogen (secondary N) is 2. The Morgan fingerprint density at radius 2 is 1.43 bits per heavy atom. The summed E-state index contributed by atoms with van der Waals surface area (Å²) in [7, 11) is 0. The number of aryl methyl sites for hydroxylation is 3. The number of benzene rings is 2. The molecular formula is C18H17N3O2. The van der Waals surface area contributed by atoms with Crippen LogP contribution in [0.15, 0.2) is 36.4 Å². The number of anilines is 2. The highest BCUT2D eigenvalue weighted by Gasteiger charge is 2.16. The summed E-state index contributed by atoms with van der Waals surface area (Å²) in [6.45, 7) is 5.74. The Kier molecular flexibility index (Phi) is 4.77. The third kappa shape index (κ3) is 3.95. The molecule has 2 amide bonds. The number of nitrogens with zero attached hydrogens (tertiary/aromatic N) is 1. The van der Waals surface area contributed by atoms with Gasteiger partial charge in [-0.2, -0.15) is 5.26 Å². The fraction of sp³-hybridized carbons (Fsp3) is 0.167. The van der Waals surface area contributed by atoms with Gasteiger partial charge in [-0.25, -0.2) is 0 Å². The third-order valence-electron chi connectivity index (χ3n) is 3.39. The maximum Gasteiger partial charge on any atom is 0.314 e. The Labute approximate surface area is 134 Å². The monoisotopic (exact) mass is 307 g/mol. The molecule has 0 spiro atoms. The van der Waals surface area contributed by atoms with Crippen LogP contribution in [0.2, 0.25) is 0 Å². The highest BCUT2D eigenvalue weighted by atomic mass is 16.2. The predicted molar refractivity (Wildman–Crippen MR) is 89.1 cm³/mol. The number of nitriles is 1. The van der Waals surface area contributed by atoms with E-state index in [1.807, 2.05) is 39.0 Å². The van der Waals surface area contributed by atoms with E-state index in [1.54, 1.807) is 24.3 Å². The first-order valence-electron chi connectivity index (χ1n) is 7.11. The minimum atomic E-state index is -0.755. The summed E-state index contributed by atoms with van der Waals surface area (Å²) >= 11 is 0. The van der Waals surface area contributed by atoms with Crippen molar-refractivity contribution in [1.29, 1.82) is 5.26 Å². The van der Waals surface area contributed by atoms with Crippen molar-refractivity contribution in [3.8, 4) is 6.07 Å². The normalized spacial score (nSPS) is 9.83. The van der Waals surface area contributed by atoms with Crippen LogP contribution in [0.4, 0.5) is 11.4 Å². The van der Waals surface area contributed by atoms with E-state index < -0.39 is 11.8 Å². The molecule has 0 aromatic heterocycles. The van der Waals surface area contributed by atoms with E-state index in [9.17, 15) is 9.59 Å². The number of rotatable bonds is 2. The smallest absolute Gasteiger partial charge is 0.314 e. The van der Waals surface area contributed by atoms with Crippen molar-refractivity contribution in [3.05, 3.63) is 58.7 Å². The second-order valence-corrected chi connectivity index (χ2v) is 5.37. The quantitative estimate of drug-likeness (QED) is 0.837. The van der Waals surface area contributed by atoms with Crippen LogP contribution in [-0.2, 0) is 9.59 Å². The molecule has 0 aliphatic heterocycles. The summed E-state index contributed by atoms with van der Waals surface area (Å²) in [6.07, 6.45) is 0. The van der Waals surface area contributed by atoms with Crippen molar-refractivity contribution in [2.45, 2.75) is 20.8 Å². The maximum atomic E-state index is 12.1. The summed E-state index contributed by atoms with van der Waals surface area (Å²) in [4.78, 5) is 24.0. The van der Waals surface area contributed by atoms with Gasteiger partial charge in [0, 0.05) is 11.4 Å². The summed E-state index contributed by atoms with van der Waals surface area (Å²) < 4.78 is 0. The van der Waals surface area contributed by atoms with Crippen molar-refractivity contribution in [1.82, 2.24) is 0 Å². The molecule has 23 heavy (non-hydrogen) atoms. The molecule has 116 valence electrons. The van der Waals surface area contributed by atoms with Gasteiger partial charge in [0.15, 0.2) is 0 Å². The average Bonchev–Trinajstić information content (AvgIpc) is 2.51. The Bertz CT molecular complexity index is 779. The van der Waals surface area contributed by atoms with Crippen LogP contribution < -0.4 is 10.6 Å². The molecular weight excluding hydrogens is 290 g/mol. The Balaban J connectivity index is 2.08. The lowest BCUT2D eigenvalue weighted by molar-refractivity contribution is -0.133. The number of carbonyl (C=O) groups is 2. The van der Waals surface area contributed by atoms with E-state index in [0.717, 1.165) is 16.7 Å². The number of hydrogen-bond donors (Lipinski definition) is 2. The SMILES string of the molecule is Cc1cc(C)c(NC(=O)C(=O)Nc2ccc(C#N)cc2)c(C)c1. The van der Waals surface area contributed by atoms with Gasteiger partial charge in [-0.3, -0.25) is 9.59 Å². The Morgan fingerprint density at radius 1 is 0.913 bits per heavy atom. The molecule has 2 N–H and O–H groups in total. The predicted octanol–water partition coefficient (Wildman–Crippen LogP) is 3.06. The molecule has 0 heterocycles. The molecule has 0 aliphatic rings. The van der Waals surface area contributed by atoms with E-state index in [4.69, 9.17) is 5.26 Å². The van der Waals surface area contributed by atoms with Crippen molar-refractivity contribution < 1.29 is 9.59 Å². The molecule has 0 bridgehead atoms. The Hall–Kier alpha value is -3.13. The summed E-state index contributed by atoms with van der Waals surface area (Å²) in [5.74, 6) is -1.49. The topological polar surface area (TPSA) is 82.0 Å². The lowest BCUT2D eigenvalue weighted by Crippen LogP contribution is -2.29. The van der Waals surface area contributed by atoms with E-state index in [0.29, 0.717) is 16.9 Å². The van der Waals surface area contributed by atoms with E-state index in [1.165, 1.54) is 0 Å². The fourth-order valence-electron chi connectivity index (χ4n) is 2.36. The van der Waals surface area contributed by atoms with Crippen LogP contribution in [0.25, 0.3) is 0 Å². The van der Waals surface area contributed by atoms with E-state index in [-0.39, 0.29) is 0 Å². The second-order valence-electron chi connectivity index (χ2n) is 5.37. The van der Waals surface area contributed by atoms with Crippen molar-refractivity contribution in [3.63, 3.8) is 0 Å². The third-order valence-corrected chi connectivity index (χ3v) is 3.39. The van der Waals surface area contributed by atoms with Gasteiger partial charge in [0.25, 0.3) is 0 Å². The molecule has 0 fully saturated rings. The molecule has 2 rings (SSSR count). The summed E-state index contributed by atoms with van der Waals surface area (Å²) in [5, 5.41) is 13.9. The number of hydrogen-bond acceptors (Lipinski definition) is 3. The van der Waals surface area contributed by atoms with Crippen LogP contribution in [0.5, 0.6) is 0 Å². The lowest BCUT2D eigenvalue weighted by atomic mass is 10.1. The molecule has 5 heteroatoms. The lowest BCUT2D eigenvalue weighted by Gasteiger charge is -2.12. The zero-order valence-electron chi connectivity index (χ0n) is 13.2. The minimum absolute atomic E-state index is 0.460. The number of carbonyl (C=O) groups excluding carboxylic acids is 2. The fourth-order valence-corrected chi connectivity index (χ4v) is 2.36. The summed E-state index contributed by atoms with van der Waals surface area (Å²) in [6, 6.07) is 12.2. The van der Waals surface area contributed by atoms with Gasteiger partial charge in [-0.15, -0.1) is 0 Å². The van der Waals surface area contributed by atoms with Crippen LogP contribution in [0, 0.1) is 32.1 Å². The van der Waals surface area contributed by atoms with Gasteiger partial charge in [-0.05, 0) is 56.2 Å². The maximum absolute atomic E-state index is 12.1. The first-order valence-corrected chi connectivity index (χ1v) is 7.11. The standard InChI is InChI=1S/C18H17N3O2/c1-11-8-12(2)16(13(3)9-11)21-18(23)17(22)20-15-6-4-14(10-19)5-7-15/h4-9H,1-3H3,(H,20,22)(H,21,23). The molecule has 0 saturated carbocycles. The van der Waals surface area contributed by atoms with Gasteiger partial charge >= 0.3 is 11.8 Å². The van der Waals surface area contributed by atoms with Crippen molar-refractivity contribution in [2.24, 2.45) is 0 Å². The molecule has 0 atom stereocenters. The molecule has 2 aromatic rings. The van der Waals surface area contributed by atoms with Gasteiger partial charge in [0.1, 0.15) is 0 Å². The van der Waals surface area contributed by atoms with Gasteiger partial charge in [-0.1, -0.05) is 17.7 Å². The molecule has 0 saturated heterocycles. The molecule has 5 nitrogen and oxygen atoms in total. The second kappa shape index (κ2) is 6.75. The molecule has 0 unspecified atom stereocenters. The van der Waals surface area contributed by atoms with Crippen LogP contribution in [0.3, 0.4) is 0 Å². The molecule has 2 aromatic carbocycles. The molecule has 0 aliphatic carbocycles. The van der Waals surface area contributed by atoms with Crippen molar-refractivity contribution >= 4 is 23.2 Å². The van der Waals surface area contributed by atoms with E-state index in [2.05, 4.69) is 10.6 Å². The first-order chi connectivity index (χ1) is 10.9. The van der Waals surface area contributed by atoms with Gasteiger partial charge in [0.05, 0.1) is 11.6 Å². The largest absolute Gasteiger partial charge is 0.318 e. The van der Waals surface area contributed by atoms with Crippen LogP contribution in [-0.4, -0.2) is 11.8 Å². The van der Waals surface area contributed by atoms with Gasteiger partial charge < -0.3 is 10.6 Å². The van der Waals surface area contributed by atoms with Gasteiger partial charge in [0.2, 0.25) is 0 Å². The molecule has 0 radical (unpaired) electrons. The minimum Gasteiger partial charge on any atom is -0.318 e. The van der Waals surface area contributed by atoms with E-state index >= 15 is 0 Å². The highest BCUT2D eigenvalue weighted by molar-refractivity contribution is 6.43.